The first kappa shape index (κ1) is 5.07. The second-order valence-corrected chi connectivity index (χ2v) is 0.563. The molecule has 0 unspecified atom stereocenters. The number of tetrazole rings is 1. The zero-order chi connectivity index (χ0) is 3.54. The number of hydrogen-bond donors (Lipinski definition) is 1. The van der Waals surface area contributed by atoms with Crippen molar-refractivity contribution in [1.29, 1.82) is 0 Å². The molecule has 0 spiro atoms. The van der Waals surface area contributed by atoms with E-state index in [1.807, 2.05) is 0 Å². The largest absolute Gasteiger partial charge is 0.246 e. The monoisotopic (exact) mass is 82.0 g/mol. The van der Waals surface area contributed by atoms with E-state index in [9.17, 15) is 0 Å². The van der Waals surface area contributed by atoms with Crippen molar-refractivity contribution in [1.82, 2.24) is 20.6 Å². The molecule has 0 amide bonds. The number of rotatable bonds is 0. The van der Waals surface area contributed by atoms with Crippen molar-refractivity contribution < 1.29 is 0 Å². The molecule has 4 radical (unpaired) electrons. The molecule has 1 aromatic rings. The maximum Gasteiger partial charge on any atom is 0.135 e. The van der Waals surface area contributed by atoms with Gasteiger partial charge >= 0.3 is 0 Å². The number of aromatic amines is 1. The lowest BCUT2D eigenvalue weighted by molar-refractivity contribution is 0.881. The lowest BCUT2D eigenvalue weighted by Crippen LogP contribution is -1.64. The van der Waals surface area contributed by atoms with Gasteiger partial charge in [-0.05, 0) is 10.4 Å². The number of hydrogen-bond acceptors (Lipinski definition) is 3. The minimum absolute atomic E-state index is 0. The molecule has 0 aliphatic carbocycles. The fourth-order valence-electron chi connectivity index (χ4n) is 0.129. The van der Waals surface area contributed by atoms with Crippen molar-refractivity contribution in [3.05, 3.63) is 13.8 Å². The molecule has 1 aromatic heterocycles. The molecule has 0 aromatic carbocycles. The summed E-state index contributed by atoms with van der Waals surface area (Å²) < 4.78 is 0. The molecule has 0 fully saturated rings. The molecule has 0 aliphatic heterocycles. The summed E-state index contributed by atoms with van der Waals surface area (Å²) in [5.74, 6) is 0. The number of H-pyrrole nitrogens is 1. The van der Waals surface area contributed by atoms with Crippen LogP contribution in [0.4, 0.5) is 0 Å². The zero-order valence-electron chi connectivity index (χ0n) is 2.92. The van der Waals surface area contributed by atoms with E-state index in [-0.39, 0.29) is 7.43 Å². The maximum absolute atomic E-state index is 3.31. The second kappa shape index (κ2) is 2.32. The number of nitrogens with zero attached hydrogens (tertiary/aromatic N) is 3. The standard InChI is InChI=1S/CH2N4.C/c1-2-4-5-3-1;/h1H,(H,2,3,4,5);. The van der Waals surface area contributed by atoms with Crippen LogP contribution in [-0.2, 0) is 0 Å². The summed E-state index contributed by atoms with van der Waals surface area (Å²) in [7, 11) is 0. The van der Waals surface area contributed by atoms with Crippen molar-refractivity contribution in [2.24, 2.45) is 0 Å². The van der Waals surface area contributed by atoms with Crippen molar-refractivity contribution in [2.45, 2.75) is 0 Å². The Kier molecular flexibility index (Phi) is 1.96. The van der Waals surface area contributed by atoms with Crippen molar-refractivity contribution in [2.75, 3.05) is 0 Å². The Morgan fingerprint density at radius 3 is 2.50 bits per heavy atom. The van der Waals surface area contributed by atoms with E-state index in [0.29, 0.717) is 0 Å². The average molecular weight is 82.1 g/mol. The van der Waals surface area contributed by atoms with E-state index in [1.165, 1.54) is 6.33 Å². The summed E-state index contributed by atoms with van der Waals surface area (Å²) in [5, 5.41) is 12.1. The van der Waals surface area contributed by atoms with Crippen LogP contribution in [0, 0.1) is 7.43 Å². The topological polar surface area (TPSA) is 54.5 Å². The van der Waals surface area contributed by atoms with Gasteiger partial charge in [-0.1, -0.05) is 0 Å². The third kappa shape index (κ3) is 0.794. The first-order chi connectivity index (χ1) is 2.50. The normalized spacial score (nSPS) is 6.67. The lowest BCUT2D eigenvalue weighted by Gasteiger charge is -1.42. The molecule has 0 saturated heterocycles. The average Bonchev–Trinajstić information content (AvgIpc) is 1.76. The van der Waals surface area contributed by atoms with Gasteiger partial charge in [-0.3, -0.25) is 0 Å². The van der Waals surface area contributed by atoms with Gasteiger partial charge in [0.05, 0.1) is 0 Å². The van der Waals surface area contributed by atoms with Gasteiger partial charge in [0.25, 0.3) is 0 Å². The maximum atomic E-state index is 3.31. The predicted octanol–water partition coefficient (Wildman–Crippen LogP) is -0.719. The Hall–Kier alpha value is -0.930. The molecule has 4 heteroatoms. The highest BCUT2D eigenvalue weighted by Crippen LogP contribution is 1.43. The third-order valence-corrected chi connectivity index (χ3v) is 0.270. The van der Waals surface area contributed by atoms with Crippen LogP contribution in [0.15, 0.2) is 6.33 Å². The van der Waals surface area contributed by atoms with Crippen molar-refractivity contribution in [3.63, 3.8) is 0 Å². The number of nitrogens with one attached hydrogen (secondary N) is 1. The molecule has 0 bridgehead atoms. The summed E-state index contributed by atoms with van der Waals surface area (Å²) in [4.78, 5) is 0. The lowest BCUT2D eigenvalue weighted by atomic mass is 11.4. The van der Waals surface area contributed by atoms with Gasteiger partial charge in [0, 0.05) is 7.43 Å². The molecule has 1 rings (SSSR count). The zero-order valence-corrected chi connectivity index (χ0v) is 2.92. The number of aromatic nitrogens is 4. The molecule has 0 atom stereocenters. The van der Waals surface area contributed by atoms with Gasteiger partial charge in [-0.25, -0.2) is 5.10 Å². The van der Waals surface area contributed by atoms with E-state index >= 15 is 0 Å². The quantitative estimate of drug-likeness (QED) is 0.449. The van der Waals surface area contributed by atoms with Gasteiger partial charge in [0.15, 0.2) is 0 Å². The molecule has 1 heterocycles. The van der Waals surface area contributed by atoms with Gasteiger partial charge in [-0.15, -0.1) is 5.10 Å². The van der Waals surface area contributed by atoms with Crippen LogP contribution < -0.4 is 0 Å². The Bertz CT molecular complexity index is 62.0. The van der Waals surface area contributed by atoms with Crippen molar-refractivity contribution >= 4 is 0 Å². The molecule has 0 aliphatic rings. The van der Waals surface area contributed by atoms with Crippen LogP contribution in [0.1, 0.15) is 0 Å². The van der Waals surface area contributed by atoms with Gasteiger partial charge in [0.2, 0.25) is 0 Å². The van der Waals surface area contributed by atoms with Crippen LogP contribution in [-0.4, -0.2) is 20.6 Å². The fraction of sp³-hybridized carbons (Fsp3) is 0. The first-order valence-corrected chi connectivity index (χ1v) is 1.17. The van der Waals surface area contributed by atoms with Gasteiger partial charge in [0.1, 0.15) is 6.33 Å². The molecule has 1 N–H and O–H groups in total. The SMILES string of the molecule is [C].c1nnn[nH]1. The minimum Gasteiger partial charge on any atom is -0.246 e. The third-order valence-electron chi connectivity index (χ3n) is 0.270. The highest BCUT2D eigenvalue weighted by atomic mass is 15.5. The molecule has 30 valence electrons. The molecule has 0 saturated carbocycles. The fourth-order valence-corrected chi connectivity index (χ4v) is 0.129. The Balaban J connectivity index is 0.000000250. The molecule has 6 heavy (non-hydrogen) atoms. The van der Waals surface area contributed by atoms with Gasteiger partial charge in [-0.2, -0.15) is 0 Å². The van der Waals surface area contributed by atoms with E-state index in [2.05, 4.69) is 20.6 Å². The van der Waals surface area contributed by atoms with Crippen LogP contribution in [0.25, 0.3) is 0 Å². The molecular weight excluding hydrogens is 80.0 g/mol. The van der Waals surface area contributed by atoms with E-state index in [4.69, 9.17) is 0 Å². The minimum atomic E-state index is 0. The Labute approximate surface area is 35.6 Å². The van der Waals surface area contributed by atoms with E-state index < -0.39 is 0 Å². The van der Waals surface area contributed by atoms with Crippen molar-refractivity contribution in [3.8, 4) is 0 Å². The highest BCUT2D eigenvalue weighted by molar-refractivity contribution is 4.24. The second-order valence-electron chi connectivity index (χ2n) is 0.563. The molecular formula is C2H2N4. The summed E-state index contributed by atoms with van der Waals surface area (Å²) in [6, 6.07) is 0. The summed E-state index contributed by atoms with van der Waals surface area (Å²) in [6.45, 7) is 0. The highest BCUT2D eigenvalue weighted by Gasteiger charge is 1.58. The Morgan fingerprint density at radius 1 is 1.50 bits per heavy atom. The van der Waals surface area contributed by atoms with Crippen LogP contribution in [0.2, 0.25) is 0 Å². The molecule has 4 nitrogen and oxygen atoms in total. The van der Waals surface area contributed by atoms with Gasteiger partial charge < -0.3 is 0 Å². The van der Waals surface area contributed by atoms with Crippen LogP contribution >= 0.6 is 0 Å². The summed E-state index contributed by atoms with van der Waals surface area (Å²) >= 11 is 0. The van der Waals surface area contributed by atoms with E-state index in [1.54, 1.807) is 0 Å². The summed E-state index contributed by atoms with van der Waals surface area (Å²) in [5.41, 5.74) is 0. The smallest absolute Gasteiger partial charge is 0.135 e. The van der Waals surface area contributed by atoms with Crippen LogP contribution in [0.3, 0.4) is 0 Å². The summed E-state index contributed by atoms with van der Waals surface area (Å²) in [6.07, 6.45) is 1.40. The van der Waals surface area contributed by atoms with Crippen LogP contribution in [0.5, 0.6) is 0 Å². The predicted molar refractivity (Wildman–Crippen MR) is 17.4 cm³/mol. The Morgan fingerprint density at radius 2 is 2.33 bits per heavy atom. The first-order valence-electron chi connectivity index (χ1n) is 1.17. The van der Waals surface area contributed by atoms with E-state index in [0.717, 1.165) is 0 Å².